The third-order valence-corrected chi connectivity index (χ3v) is 2.02. The molecule has 1 amide bonds. The number of ether oxygens (including phenoxy) is 2. The summed E-state index contributed by atoms with van der Waals surface area (Å²) in [7, 11) is 1.55. The van der Waals surface area contributed by atoms with Gasteiger partial charge in [-0.3, -0.25) is 11.2 Å². The molecular formula is C12H19N3O3. The first-order valence-corrected chi connectivity index (χ1v) is 5.50. The van der Waals surface area contributed by atoms with Gasteiger partial charge in [-0.05, 0) is 32.9 Å². The number of methoxy groups -OCH3 is 1. The summed E-state index contributed by atoms with van der Waals surface area (Å²) in [5.74, 6) is 6.02. The Balaban J connectivity index is 2.81. The van der Waals surface area contributed by atoms with Crippen molar-refractivity contribution in [2.75, 3.05) is 17.9 Å². The topological polar surface area (TPSA) is 85.6 Å². The largest absolute Gasteiger partial charge is 0.497 e. The van der Waals surface area contributed by atoms with Crippen molar-refractivity contribution in [3.63, 3.8) is 0 Å². The Bertz CT molecular complexity index is 427. The maximum absolute atomic E-state index is 11.6. The van der Waals surface area contributed by atoms with E-state index in [1.165, 1.54) is 0 Å². The number of nitrogens with two attached hydrogens (primary N) is 1. The van der Waals surface area contributed by atoms with E-state index in [9.17, 15) is 4.79 Å². The molecule has 6 heteroatoms. The second kappa shape index (κ2) is 5.59. The van der Waals surface area contributed by atoms with Crippen molar-refractivity contribution < 1.29 is 14.3 Å². The predicted octanol–water partition coefficient (Wildman–Crippen LogP) is 2.33. The summed E-state index contributed by atoms with van der Waals surface area (Å²) >= 11 is 0. The monoisotopic (exact) mass is 253 g/mol. The number of nitrogen functional groups attached to an aromatic ring is 1. The maximum Gasteiger partial charge on any atom is 0.412 e. The first-order valence-electron chi connectivity index (χ1n) is 5.50. The van der Waals surface area contributed by atoms with Gasteiger partial charge in [0.25, 0.3) is 0 Å². The van der Waals surface area contributed by atoms with Gasteiger partial charge < -0.3 is 14.9 Å². The quantitative estimate of drug-likeness (QED) is 0.568. The van der Waals surface area contributed by atoms with E-state index in [1.54, 1.807) is 46.1 Å². The number of carbonyl (C=O) groups excluding carboxylic acids is 1. The van der Waals surface area contributed by atoms with Crippen molar-refractivity contribution in [1.82, 2.24) is 0 Å². The molecule has 0 aliphatic heterocycles. The van der Waals surface area contributed by atoms with Gasteiger partial charge in [0, 0.05) is 6.07 Å². The maximum atomic E-state index is 11.6. The number of amides is 1. The molecule has 1 aromatic carbocycles. The van der Waals surface area contributed by atoms with E-state index in [0.29, 0.717) is 17.1 Å². The summed E-state index contributed by atoms with van der Waals surface area (Å²) in [5.41, 5.74) is 3.00. The molecule has 6 nitrogen and oxygen atoms in total. The molecule has 0 aliphatic rings. The van der Waals surface area contributed by atoms with Crippen LogP contribution in [0.1, 0.15) is 20.8 Å². The fraction of sp³-hybridized carbons (Fsp3) is 0.417. The van der Waals surface area contributed by atoms with Gasteiger partial charge in [0.05, 0.1) is 18.5 Å². The predicted molar refractivity (Wildman–Crippen MR) is 70.7 cm³/mol. The molecule has 0 unspecified atom stereocenters. The van der Waals surface area contributed by atoms with Crippen LogP contribution >= 0.6 is 0 Å². The summed E-state index contributed by atoms with van der Waals surface area (Å²) in [5, 5.41) is 2.61. The third-order valence-electron chi connectivity index (χ3n) is 2.02. The lowest BCUT2D eigenvalue weighted by atomic mass is 10.2. The lowest BCUT2D eigenvalue weighted by Gasteiger charge is -2.20. The number of nitrogens with one attached hydrogen (secondary N) is 2. The second-order valence-corrected chi connectivity index (χ2v) is 4.68. The minimum absolute atomic E-state index is 0.521. The Morgan fingerprint density at radius 2 is 1.94 bits per heavy atom. The fourth-order valence-corrected chi connectivity index (χ4v) is 1.29. The molecule has 4 N–H and O–H groups in total. The van der Waals surface area contributed by atoms with Crippen LogP contribution < -0.4 is 21.3 Å². The van der Waals surface area contributed by atoms with Gasteiger partial charge in [0.2, 0.25) is 0 Å². The molecule has 0 atom stereocenters. The van der Waals surface area contributed by atoms with Crippen molar-refractivity contribution in [2.24, 2.45) is 5.84 Å². The van der Waals surface area contributed by atoms with Crippen LogP contribution in [0.25, 0.3) is 0 Å². The summed E-state index contributed by atoms with van der Waals surface area (Å²) in [6, 6.07) is 5.07. The normalized spacial score (nSPS) is 10.7. The summed E-state index contributed by atoms with van der Waals surface area (Å²) in [6.07, 6.45) is -0.538. The van der Waals surface area contributed by atoms with Crippen LogP contribution in [0.5, 0.6) is 5.75 Å². The van der Waals surface area contributed by atoms with Crippen molar-refractivity contribution in [1.29, 1.82) is 0 Å². The van der Waals surface area contributed by atoms with Crippen LogP contribution in [0.4, 0.5) is 16.2 Å². The highest BCUT2D eigenvalue weighted by Gasteiger charge is 2.17. The lowest BCUT2D eigenvalue weighted by Crippen LogP contribution is -2.27. The Morgan fingerprint density at radius 1 is 1.28 bits per heavy atom. The van der Waals surface area contributed by atoms with Crippen LogP contribution in [-0.4, -0.2) is 18.8 Å². The highest BCUT2D eigenvalue weighted by atomic mass is 16.6. The number of hydrogen-bond donors (Lipinski definition) is 3. The minimum atomic E-state index is -0.549. The highest BCUT2D eigenvalue weighted by Crippen LogP contribution is 2.26. The zero-order chi connectivity index (χ0) is 13.8. The van der Waals surface area contributed by atoms with Crippen molar-refractivity contribution in [3.05, 3.63) is 18.2 Å². The van der Waals surface area contributed by atoms with Gasteiger partial charge in [-0.2, -0.15) is 0 Å². The Labute approximate surface area is 106 Å². The number of carbonyl (C=O) groups is 1. The molecule has 0 bridgehead atoms. The van der Waals surface area contributed by atoms with Crippen molar-refractivity contribution in [2.45, 2.75) is 26.4 Å². The molecule has 1 aromatic rings. The SMILES string of the molecule is COc1ccc(NC(=O)OC(C)(C)C)c(NN)c1. The Kier molecular flexibility index (Phi) is 4.38. The molecule has 100 valence electrons. The van der Waals surface area contributed by atoms with Gasteiger partial charge in [-0.25, -0.2) is 4.79 Å². The van der Waals surface area contributed by atoms with Gasteiger partial charge in [-0.15, -0.1) is 0 Å². The van der Waals surface area contributed by atoms with Gasteiger partial charge in [-0.1, -0.05) is 0 Å². The van der Waals surface area contributed by atoms with E-state index in [0.717, 1.165) is 0 Å². The number of benzene rings is 1. The van der Waals surface area contributed by atoms with Gasteiger partial charge in [0.15, 0.2) is 0 Å². The number of hydrazine groups is 1. The molecule has 0 aromatic heterocycles. The van der Waals surface area contributed by atoms with Crippen LogP contribution in [-0.2, 0) is 4.74 Å². The van der Waals surface area contributed by atoms with Gasteiger partial charge >= 0.3 is 6.09 Å². The van der Waals surface area contributed by atoms with E-state index in [-0.39, 0.29) is 0 Å². The molecular weight excluding hydrogens is 234 g/mol. The van der Waals surface area contributed by atoms with Crippen LogP contribution in [0.15, 0.2) is 18.2 Å². The average Bonchev–Trinajstić information content (AvgIpc) is 2.27. The summed E-state index contributed by atoms with van der Waals surface area (Å²) in [4.78, 5) is 11.6. The molecule has 0 saturated heterocycles. The van der Waals surface area contributed by atoms with Gasteiger partial charge in [0.1, 0.15) is 11.4 Å². The molecule has 0 fully saturated rings. The molecule has 0 spiro atoms. The average molecular weight is 253 g/mol. The Hall–Kier alpha value is -1.95. The van der Waals surface area contributed by atoms with Crippen molar-refractivity contribution >= 4 is 17.5 Å². The second-order valence-electron chi connectivity index (χ2n) is 4.68. The fourth-order valence-electron chi connectivity index (χ4n) is 1.29. The van der Waals surface area contributed by atoms with E-state index < -0.39 is 11.7 Å². The smallest absolute Gasteiger partial charge is 0.412 e. The number of hydrogen-bond acceptors (Lipinski definition) is 5. The Morgan fingerprint density at radius 3 is 2.44 bits per heavy atom. The number of rotatable bonds is 3. The van der Waals surface area contributed by atoms with E-state index in [4.69, 9.17) is 15.3 Å². The lowest BCUT2D eigenvalue weighted by molar-refractivity contribution is 0.0636. The van der Waals surface area contributed by atoms with E-state index in [1.807, 2.05) is 0 Å². The van der Waals surface area contributed by atoms with E-state index >= 15 is 0 Å². The first-order chi connectivity index (χ1) is 8.35. The van der Waals surface area contributed by atoms with Crippen LogP contribution in [0.3, 0.4) is 0 Å². The minimum Gasteiger partial charge on any atom is -0.497 e. The molecule has 0 radical (unpaired) electrons. The van der Waals surface area contributed by atoms with Crippen LogP contribution in [0.2, 0.25) is 0 Å². The van der Waals surface area contributed by atoms with E-state index in [2.05, 4.69) is 10.7 Å². The zero-order valence-corrected chi connectivity index (χ0v) is 11.0. The third kappa shape index (κ3) is 4.14. The molecule has 1 rings (SSSR count). The number of anilines is 2. The standard InChI is InChI=1S/C12H19N3O3/c1-12(2,3)18-11(16)14-9-6-5-8(17-4)7-10(9)15-13/h5-7,15H,13H2,1-4H3,(H,14,16). The highest BCUT2D eigenvalue weighted by molar-refractivity contribution is 5.89. The van der Waals surface area contributed by atoms with Crippen LogP contribution in [0, 0.1) is 0 Å². The molecule has 0 saturated carbocycles. The summed E-state index contributed by atoms with van der Waals surface area (Å²) in [6.45, 7) is 5.38. The first kappa shape index (κ1) is 14.1. The zero-order valence-electron chi connectivity index (χ0n) is 11.0. The molecule has 0 aliphatic carbocycles. The summed E-state index contributed by atoms with van der Waals surface area (Å²) < 4.78 is 10.2. The molecule has 0 heterocycles. The molecule has 18 heavy (non-hydrogen) atoms. The van der Waals surface area contributed by atoms with Crippen molar-refractivity contribution in [3.8, 4) is 5.75 Å².